The summed E-state index contributed by atoms with van der Waals surface area (Å²) >= 11 is 0. The highest BCUT2D eigenvalue weighted by Crippen LogP contribution is 2.15. The van der Waals surface area contributed by atoms with Crippen LogP contribution in [0, 0.1) is 0 Å². The number of hydrogen-bond acceptors (Lipinski definition) is 8. The summed E-state index contributed by atoms with van der Waals surface area (Å²) in [6.45, 7) is 1.37. The van der Waals surface area contributed by atoms with Crippen molar-refractivity contribution in [3.05, 3.63) is 0 Å². The minimum absolute atomic E-state index is 0.0105. The van der Waals surface area contributed by atoms with Crippen molar-refractivity contribution in [2.45, 2.75) is 36.6 Å². The molecule has 0 radical (unpaired) electrons. The molecule has 2 aliphatic heterocycles. The molecule has 0 spiro atoms. The highest BCUT2D eigenvalue weighted by Gasteiger charge is 2.34. The van der Waals surface area contributed by atoms with Gasteiger partial charge in [0.25, 0.3) is 0 Å². The molecule has 0 aromatic carbocycles. The second-order valence-electron chi connectivity index (χ2n) is 5.05. The Hall–Kier alpha value is -0.320. The van der Waals surface area contributed by atoms with Crippen molar-refractivity contribution in [1.29, 1.82) is 0 Å². The van der Waals surface area contributed by atoms with E-state index in [2.05, 4.69) is 0 Å². The van der Waals surface area contributed by atoms with Gasteiger partial charge in [-0.15, -0.1) is 0 Å². The monoisotopic (exact) mass is 294 g/mol. The third kappa shape index (κ3) is 5.23. The number of hydrogen-bond donors (Lipinski definition) is 4. The molecule has 20 heavy (non-hydrogen) atoms. The highest BCUT2D eigenvalue weighted by molar-refractivity contribution is 4.83. The van der Waals surface area contributed by atoms with E-state index in [1.54, 1.807) is 0 Å². The molecule has 0 aliphatic carbocycles. The second-order valence-corrected chi connectivity index (χ2v) is 5.05. The molecule has 2 rings (SSSR count). The first-order valence-electron chi connectivity index (χ1n) is 6.69. The summed E-state index contributed by atoms with van der Waals surface area (Å²) in [6.07, 6.45) is -5.01. The molecule has 4 N–H and O–H groups in total. The van der Waals surface area contributed by atoms with Crippen molar-refractivity contribution in [2.75, 3.05) is 39.6 Å². The third-order valence-electron chi connectivity index (χ3n) is 3.20. The summed E-state index contributed by atoms with van der Waals surface area (Å²) in [4.78, 5) is 0. The fourth-order valence-corrected chi connectivity index (χ4v) is 1.68. The van der Waals surface area contributed by atoms with E-state index >= 15 is 0 Å². The lowest BCUT2D eigenvalue weighted by molar-refractivity contribution is -0.148. The average Bonchev–Trinajstić information content (AvgIpc) is 3.33. The molecule has 0 aromatic heterocycles. The summed E-state index contributed by atoms with van der Waals surface area (Å²) in [5.41, 5.74) is 0. The first-order valence-corrected chi connectivity index (χ1v) is 6.69. The Morgan fingerprint density at radius 3 is 2.15 bits per heavy atom. The molecule has 2 aliphatic rings. The van der Waals surface area contributed by atoms with Gasteiger partial charge in [0.2, 0.25) is 0 Å². The zero-order valence-electron chi connectivity index (χ0n) is 11.1. The van der Waals surface area contributed by atoms with Gasteiger partial charge in [-0.05, 0) is 0 Å². The SMILES string of the molecule is OCC(O)C(O)C(O)C(COCC1CO1)OCC1CO1. The fourth-order valence-electron chi connectivity index (χ4n) is 1.68. The van der Waals surface area contributed by atoms with Crippen LogP contribution in [0.4, 0.5) is 0 Å². The van der Waals surface area contributed by atoms with Crippen LogP contribution < -0.4 is 0 Å². The Labute approximate surface area is 116 Å². The maximum atomic E-state index is 9.99. The van der Waals surface area contributed by atoms with Gasteiger partial charge in [0.1, 0.15) is 36.6 Å². The summed E-state index contributed by atoms with van der Waals surface area (Å²) < 4.78 is 20.8. The smallest absolute Gasteiger partial charge is 0.111 e. The van der Waals surface area contributed by atoms with Crippen LogP contribution in [0.25, 0.3) is 0 Å². The Balaban J connectivity index is 1.77. The normalized spacial score (nSPS) is 30.6. The number of ether oxygens (including phenoxy) is 4. The van der Waals surface area contributed by atoms with E-state index in [1.165, 1.54) is 0 Å². The van der Waals surface area contributed by atoms with Crippen molar-refractivity contribution < 1.29 is 39.4 Å². The fraction of sp³-hybridized carbons (Fsp3) is 1.00. The van der Waals surface area contributed by atoms with E-state index in [1.807, 2.05) is 0 Å². The van der Waals surface area contributed by atoms with Crippen LogP contribution in [0.2, 0.25) is 0 Å². The third-order valence-corrected chi connectivity index (χ3v) is 3.20. The summed E-state index contributed by atoms with van der Waals surface area (Å²) in [6, 6.07) is 0. The molecular weight excluding hydrogens is 272 g/mol. The summed E-state index contributed by atoms with van der Waals surface area (Å²) in [5, 5.41) is 37.9. The van der Waals surface area contributed by atoms with Gasteiger partial charge in [0.15, 0.2) is 0 Å². The van der Waals surface area contributed by atoms with Gasteiger partial charge in [-0.25, -0.2) is 0 Å². The number of aliphatic hydroxyl groups excluding tert-OH is 4. The lowest BCUT2D eigenvalue weighted by atomic mass is 10.0. The van der Waals surface area contributed by atoms with E-state index < -0.39 is 31.0 Å². The Morgan fingerprint density at radius 2 is 1.60 bits per heavy atom. The number of epoxide rings is 2. The van der Waals surface area contributed by atoms with Gasteiger partial charge < -0.3 is 39.4 Å². The molecule has 2 heterocycles. The van der Waals surface area contributed by atoms with E-state index in [0.29, 0.717) is 19.8 Å². The predicted octanol–water partition coefficient (Wildman–Crippen LogP) is -2.74. The molecule has 2 fully saturated rings. The van der Waals surface area contributed by atoms with Crippen molar-refractivity contribution in [2.24, 2.45) is 0 Å². The van der Waals surface area contributed by atoms with Crippen LogP contribution in [0.3, 0.4) is 0 Å². The average molecular weight is 294 g/mol. The van der Waals surface area contributed by atoms with Gasteiger partial charge in [-0.3, -0.25) is 0 Å². The first-order chi connectivity index (χ1) is 9.61. The molecule has 0 amide bonds. The summed E-state index contributed by atoms with van der Waals surface area (Å²) in [7, 11) is 0. The van der Waals surface area contributed by atoms with Crippen LogP contribution in [0.1, 0.15) is 0 Å². The molecule has 118 valence electrons. The van der Waals surface area contributed by atoms with Crippen LogP contribution >= 0.6 is 0 Å². The molecule has 0 bridgehead atoms. The van der Waals surface area contributed by atoms with Crippen LogP contribution in [-0.4, -0.2) is 96.7 Å². The maximum absolute atomic E-state index is 9.99. The molecule has 2 saturated heterocycles. The van der Waals surface area contributed by atoms with Crippen molar-refractivity contribution in [3.63, 3.8) is 0 Å². The van der Waals surface area contributed by atoms with Gasteiger partial charge in [-0.2, -0.15) is 0 Å². The molecule has 8 heteroatoms. The molecule has 0 saturated carbocycles. The van der Waals surface area contributed by atoms with Gasteiger partial charge in [0.05, 0.1) is 39.6 Å². The van der Waals surface area contributed by atoms with Gasteiger partial charge >= 0.3 is 0 Å². The van der Waals surface area contributed by atoms with E-state index in [9.17, 15) is 15.3 Å². The maximum Gasteiger partial charge on any atom is 0.111 e. The molecule has 8 nitrogen and oxygen atoms in total. The summed E-state index contributed by atoms with van der Waals surface area (Å²) in [5.74, 6) is 0. The topological polar surface area (TPSA) is 124 Å². The lowest BCUT2D eigenvalue weighted by Gasteiger charge is -2.28. The van der Waals surface area contributed by atoms with Crippen molar-refractivity contribution in [3.8, 4) is 0 Å². The van der Waals surface area contributed by atoms with Gasteiger partial charge in [-0.1, -0.05) is 0 Å². The minimum Gasteiger partial charge on any atom is -0.394 e. The van der Waals surface area contributed by atoms with E-state index in [0.717, 1.165) is 0 Å². The first kappa shape index (κ1) is 16.1. The molecular formula is C12H22O8. The van der Waals surface area contributed by atoms with E-state index in [-0.39, 0.29) is 25.4 Å². The Kier molecular flexibility index (Phi) is 6.12. The van der Waals surface area contributed by atoms with Crippen LogP contribution in [0.5, 0.6) is 0 Å². The number of aliphatic hydroxyl groups is 4. The predicted molar refractivity (Wildman–Crippen MR) is 65.1 cm³/mol. The highest BCUT2D eigenvalue weighted by atomic mass is 16.6. The Bertz CT molecular complexity index is 281. The molecule has 0 aromatic rings. The van der Waals surface area contributed by atoms with Crippen molar-refractivity contribution in [1.82, 2.24) is 0 Å². The molecule has 6 atom stereocenters. The zero-order valence-corrected chi connectivity index (χ0v) is 11.1. The van der Waals surface area contributed by atoms with Gasteiger partial charge in [0, 0.05) is 0 Å². The quantitative estimate of drug-likeness (QED) is 0.303. The van der Waals surface area contributed by atoms with Crippen LogP contribution in [0.15, 0.2) is 0 Å². The van der Waals surface area contributed by atoms with E-state index in [4.69, 9.17) is 24.1 Å². The largest absolute Gasteiger partial charge is 0.394 e. The van der Waals surface area contributed by atoms with Crippen LogP contribution in [-0.2, 0) is 18.9 Å². The standard InChI is InChI=1S/C12H22O8/c13-1-9(14)11(15)12(16)10(20-5-8-4-19-8)6-17-2-7-3-18-7/h7-16H,1-6H2. The minimum atomic E-state index is -1.51. The van der Waals surface area contributed by atoms with Crippen molar-refractivity contribution >= 4 is 0 Å². The lowest BCUT2D eigenvalue weighted by Crippen LogP contribution is -2.48. The second kappa shape index (κ2) is 7.62. The molecule has 6 unspecified atom stereocenters. The zero-order chi connectivity index (χ0) is 14.5. The Morgan fingerprint density at radius 1 is 1.00 bits per heavy atom. The number of rotatable bonds is 11.